The number of benzene rings is 2. The van der Waals surface area contributed by atoms with Crippen LogP contribution in [0.4, 0.5) is 11.4 Å². The number of hydrogen-bond acceptors (Lipinski definition) is 8. The average molecular weight is 605 g/mol. The summed E-state index contributed by atoms with van der Waals surface area (Å²) in [6.07, 6.45) is 0.937. The predicted molar refractivity (Wildman–Crippen MR) is 167 cm³/mol. The first-order valence-corrected chi connectivity index (χ1v) is 14.7. The molecule has 0 radical (unpaired) electrons. The van der Waals surface area contributed by atoms with Crippen LogP contribution in [0.2, 0.25) is 0 Å². The number of unbranched alkanes of at least 4 members (excludes halogenated alkanes) is 1. The first kappa shape index (κ1) is 32.2. The molecule has 44 heavy (non-hydrogen) atoms. The summed E-state index contributed by atoms with van der Waals surface area (Å²) in [7, 11) is 3.10. The van der Waals surface area contributed by atoms with Crippen LogP contribution in [0.3, 0.4) is 0 Å². The van der Waals surface area contributed by atoms with Crippen molar-refractivity contribution in [1.29, 1.82) is 0 Å². The smallest absolute Gasteiger partial charge is 0.264 e. The number of fused-ring (bicyclic) bond motifs is 2. The second-order valence-corrected chi connectivity index (χ2v) is 11.5. The Hall–Kier alpha value is -4.74. The Morgan fingerprint density at radius 1 is 0.705 bits per heavy atom. The van der Waals surface area contributed by atoms with Crippen molar-refractivity contribution < 1.29 is 29.3 Å². The highest BCUT2D eigenvalue weighted by Gasteiger charge is 2.20. The highest BCUT2D eigenvalue weighted by Crippen LogP contribution is 2.42. The number of carbonyl (C=O) groups is 2. The van der Waals surface area contributed by atoms with E-state index in [0.29, 0.717) is 48.2 Å². The maximum absolute atomic E-state index is 12.5. The van der Waals surface area contributed by atoms with Gasteiger partial charge in [-0.3, -0.25) is 9.59 Å². The summed E-state index contributed by atoms with van der Waals surface area (Å²) in [5.41, 5.74) is 1.95. The molecule has 12 heteroatoms. The van der Waals surface area contributed by atoms with Crippen LogP contribution in [-0.2, 0) is 22.7 Å². The van der Waals surface area contributed by atoms with Crippen molar-refractivity contribution in [2.24, 2.45) is 32.3 Å². The highest BCUT2D eigenvalue weighted by molar-refractivity contribution is 5.97. The zero-order chi connectivity index (χ0) is 32.0. The van der Waals surface area contributed by atoms with E-state index in [4.69, 9.17) is 9.47 Å². The fourth-order valence-electron chi connectivity index (χ4n) is 5.02. The third-order valence-corrected chi connectivity index (χ3v) is 7.08. The molecule has 0 saturated carbocycles. The summed E-state index contributed by atoms with van der Waals surface area (Å²) in [5.74, 6) is 0.669. The lowest BCUT2D eigenvalue weighted by molar-refractivity contribution is -0.120. The van der Waals surface area contributed by atoms with Gasteiger partial charge in [0.05, 0.1) is 25.3 Å². The molecule has 0 aliphatic heterocycles. The van der Waals surface area contributed by atoms with Gasteiger partial charge >= 0.3 is 0 Å². The summed E-state index contributed by atoms with van der Waals surface area (Å²) in [5, 5.41) is 38.8. The Morgan fingerprint density at radius 2 is 1.09 bits per heavy atom. The van der Waals surface area contributed by atoms with E-state index in [-0.39, 0.29) is 47.8 Å². The van der Waals surface area contributed by atoms with Crippen molar-refractivity contribution >= 4 is 45.0 Å². The number of hydrogen-bond donors (Lipinski definition) is 2. The zero-order valence-electron chi connectivity index (χ0n) is 26.1. The maximum Gasteiger partial charge on any atom is 0.264 e. The molecule has 2 amide bonds. The van der Waals surface area contributed by atoms with Crippen LogP contribution in [-0.4, -0.2) is 45.4 Å². The maximum atomic E-state index is 12.5. The molecule has 0 bridgehead atoms. The van der Waals surface area contributed by atoms with Gasteiger partial charge in [-0.05, 0) is 61.1 Å². The predicted octanol–water partition coefficient (Wildman–Crippen LogP) is 7.82. The standard InChI is InChI=1S/C32H40N6O6/c1-19(2)17-37-25-13-11-21(43-5)15-23(25)29(31(37)41)35-33-27(39)9-7-8-10-28(40)34-36-30-24-16-22(44-6)12-14-26(24)38(32(30)42)18-20(3)4/h11-16,19-20,41-42H,7-10,17-18H2,1-6H3. The van der Waals surface area contributed by atoms with E-state index in [1.54, 1.807) is 47.6 Å². The van der Waals surface area contributed by atoms with Crippen LogP contribution in [0.1, 0.15) is 53.4 Å². The third-order valence-electron chi connectivity index (χ3n) is 7.08. The van der Waals surface area contributed by atoms with Gasteiger partial charge in [0.15, 0.2) is 11.4 Å². The van der Waals surface area contributed by atoms with Gasteiger partial charge in [-0.25, -0.2) is 0 Å². The van der Waals surface area contributed by atoms with Crippen molar-refractivity contribution in [3.8, 4) is 23.3 Å². The molecule has 0 aliphatic carbocycles. The van der Waals surface area contributed by atoms with Crippen molar-refractivity contribution in [3.05, 3.63) is 36.4 Å². The molecule has 4 aromatic rings. The van der Waals surface area contributed by atoms with Crippen LogP contribution >= 0.6 is 0 Å². The van der Waals surface area contributed by atoms with Gasteiger partial charge in [0.25, 0.3) is 11.8 Å². The molecule has 2 N–H and O–H groups in total. The Balaban J connectivity index is 1.38. The Kier molecular flexibility index (Phi) is 10.4. The first-order valence-electron chi connectivity index (χ1n) is 14.7. The normalized spacial score (nSPS) is 12.1. The monoisotopic (exact) mass is 604 g/mol. The lowest BCUT2D eigenvalue weighted by Gasteiger charge is -2.09. The Labute approximate surface area is 256 Å². The number of azo groups is 2. The number of aromatic nitrogens is 2. The van der Waals surface area contributed by atoms with Crippen LogP contribution in [0.15, 0.2) is 56.9 Å². The quantitative estimate of drug-likeness (QED) is 0.117. The van der Waals surface area contributed by atoms with Crippen molar-refractivity contribution in [2.45, 2.75) is 66.5 Å². The van der Waals surface area contributed by atoms with E-state index in [1.807, 2.05) is 39.8 Å². The molecule has 0 spiro atoms. The fourth-order valence-corrected chi connectivity index (χ4v) is 5.02. The lowest BCUT2D eigenvalue weighted by Crippen LogP contribution is -2.03. The van der Waals surface area contributed by atoms with E-state index in [0.717, 1.165) is 11.0 Å². The van der Waals surface area contributed by atoms with Gasteiger partial charge in [0.2, 0.25) is 11.8 Å². The van der Waals surface area contributed by atoms with Crippen LogP contribution in [0, 0.1) is 11.8 Å². The first-order chi connectivity index (χ1) is 21.0. The summed E-state index contributed by atoms with van der Waals surface area (Å²) < 4.78 is 14.1. The van der Waals surface area contributed by atoms with Crippen LogP contribution < -0.4 is 9.47 Å². The lowest BCUT2D eigenvalue weighted by atomic mass is 10.2. The zero-order valence-corrected chi connectivity index (χ0v) is 26.1. The minimum Gasteiger partial charge on any atom is -0.497 e. The van der Waals surface area contributed by atoms with E-state index >= 15 is 0 Å². The molecule has 0 aliphatic rings. The third kappa shape index (κ3) is 7.24. The highest BCUT2D eigenvalue weighted by atomic mass is 16.5. The number of amides is 2. The van der Waals surface area contributed by atoms with Gasteiger partial charge in [-0.2, -0.15) is 0 Å². The van der Waals surface area contributed by atoms with Gasteiger partial charge in [-0.15, -0.1) is 20.5 Å². The van der Waals surface area contributed by atoms with Gasteiger partial charge in [0.1, 0.15) is 11.5 Å². The van der Waals surface area contributed by atoms with E-state index < -0.39 is 11.8 Å². The fraction of sp³-hybridized carbons (Fsp3) is 0.438. The number of carbonyl (C=O) groups excluding carboxylic acids is 2. The van der Waals surface area contributed by atoms with Gasteiger partial charge < -0.3 is 28.8 Å². The number of nitrogens with zero attached hydrogens (tertiary/aromatic N) is 6. The van der Waals surface area contributed by atoms with Crippen molar-refractivity contribution in [3.63, 3.8) is 0 Å². The van der Waals surface area contributed by atoms with Gasteiger partial charge in [0, 0.05) is 36.7 Å². The second kappa shape index (κ2) is 14.2. The minimum absolute atomic E-state index is 0.0636. The second-order valence-electron chi connectivity index (χ2n) is 11.5. The topological polar surface area (TPSA) is 152 Å². The molecular formula is C32H40N6O6. The average Bonchev–Trinajstić information content (AvgIpc) is 3.40. The number of aromatic hydroxyl groups is 2. The van der Waals surface area contributed by atoms with E-state index in [2.05, 4.69) is 20.5 Å². The Morgan fingerprint density at radius 3 is 1.43 bits per heavy atom. The van der Waals surface area contributed by atoms with E-state index in [1.165, 1.54) is 0 Å². The number of rotatable bonds is 13. The van der Waals surface area contributed by atoms with Gasteiger partial charge in [-0.1, -0.05) is 27.7 Å². The van der Waals surface area contributed by atoms with Crippen LogP contribution in [0.5, 0.6) is 23.3 Å². The molecule has 0 saturated heterocycles. The molecule has 0 atom stereocenters. The summed E-state index contributed by atoms with van der Waals surface area (Å²) in [6.45, 7) is 9.30. The molecule has 2 heterocycles. The summed E-state index contributed by atoms with van der Waals surface area (Å²) >= 11 is 0. The number of methoxy groups -OCH3 is 2. The van der Waals surface area contributed by atoms with Crippen molar-refractivity contribution in [1.82, 2.24) is 9.13 Å². The SMILES string of the molecule is COc1ccc2c(c1)c(N=NC(=O)CCCCC(=O)N=Nc1c(O)n(CC(C)C)c3ccc(OC)cc13)c(O)n2CC(C)C. The molecule has 4 rings (SSSR count). The van der Waals surface area contributed by atoms with Crippen LogP contribution in [0.25, 0.3) is 21.8 Å². The molecule has 0 fully saturated rings. The molecule has 12 nitrogen and oxygen atoms in total. The number of ether oxygens (including phenoxy) is 2. The minimum atomic E-state index is -0.469. The summed E-state index contributed by atoms with van der Waals surface area (Å²) in [6, 6.07) is 10.8. The molecule has 234 valence electrons. The molecule has 0 unspecified atom stereocenters. The Bertz CT molecular complexity index is 1590. The molecular weight excluding hydrogens is 564 g/mol. The van der Waals surface area contributed by atoms with Crippen molar-refractivity contribution in [2.75, 3.05) is 14.2 Å². The largest absolute Gasteiger partial charge is 0.497 e. The molecule has 2 aromatic carbocycles. The van der Waals surface area contributed by atoms with E-state index in [9.17, 15) is 19.8 Å². The molecule has 2 aromatic heterocycles. The summed E-state index contributed by atoms with van der Waals surface area (Å²) in [4.78, 5) is 25.0.